The molecule has 40 heavy (non-hydrogen) atoms. The first kappa shape index (κ1) is 27.4. The minimum atomic E-state index is -2.31. The number of aliphatic hydroxyl groups is 1. The van der Waals surface area contributed by atoms with Crippen LogP contribution in [0.3, 0.4) is 0 Å². The highest BCUT2D eigenvalue weighted by Gasteiger charge is 2.55. The monoisotopic (exact) mass is 543 g/mol. The maximum Gasteiger partial charge on any atom is 0.351 e. The maximum atomic E-state index is 15.9. The number of halogens is 1. The van der Waals surface area contributed by atoms with E-state index < -0.39 is 35.7 Å². The molecule has 3 aromatic carbocycles. The van der Waals surface area contributed by atoms with Gasteiger partial charge in [-0.25, -0.2) is 9.18 Å². The lowest BCUT2D eigenvalue weighted by Crippen LogP contribution is -2.43. The lowest BCUT2D eigenvalue weighted by molar-refractivity contribution is -0.0741. The molecule has 206 valence electrons. The molecule has 0 unspecified atom stereocenters. The summed E-state index contributed by atoms with van der Waals surface area (Å²) >= 11 is 0. The van der Waals surface area contributed by atoms with Crippen molar-refractivity contribution in [1.29, 1.82) is 0 Å². The molecular weight excluding hydrogens is 513 g/mol. The van der Waals surface area contributed by atoms with Gasteiger partial charge in [-0.05, 0) is 30.2 Å². The fraction of sp³-hybridized carbons (Fsp3) is 0.258. The number of nitrogens with one attached hydrogen (secondary N) is 1. The van der Waals surface area contributed by atoms with Crippen LogP contribution in [0, 0.1) is 0 Å². The average molecular weight is 544 g/mol. The molecule has 0 aliphatic carbocycles. The summed E-state index contributed by atoms with van der Waals surface area (Å²) in [5, 5.41) is 13.5. The van der Waals surface area contributed by atoms with Crippen molar-refractivity contribution in [2.24, 2.45) is 0 Å². The van der Waals surface area contributed by atoms with E-state index in [1.807, 2.05) is 60.7 Å². The van der Waals surface area contributed by atoms with Gasteiger partial charge in [0.25, 0.3) is 5.91 Å². The van der Waals surface area contributed by atoms with Gasteiger partial charge in [0.15, 0.2) is 11.9 Å². The molecule has 0 radical (unpaired) electrons. The van der Waals surface area contributed by atoms with Crippen LogP contribution in [0.5, 0.6) is 0 Å². The van der Waals surface area contributed by atoms with E-state index in [1.165, 1.54) is 13.1 Å². The van der Waals surface area contributed by atoms with Crippen LogP contribution < -0.4 is 11.0 Å². The van der Waals surface area contributed by atoms with E-state index in [-0.39, 0.29) is 19.0 Å². The summed E-state index contributed by atoms with van der Waals surface area (Å²) in [6.45, 7) is 1.38. The quantitative estimate of drug-likeness (QED) is 0.327. The zero-order chi connectivity index (χ0) is 28.1. The molecule has 1 fully saturated rings. The number of hydrogen-bond acceptors (Lipinski definition) is 6. The molecule has 1 saturated heterocycles. The molecule has 2 N–H and O–H groups in total. The Hall–Kier alpha value is -4.18. The van der Waals surface area contributed by atoms with Crippen molar-refractivity contribution in [3.8, 4) is 0 Å². The Balaban J connectivity index is 1.42. The van der Waals surface area contributed by atoms with E-state index in [2.05, 4.69) is 10.3 Å². The topological polar surface area (TPSA) is 103 Å². The summed E-state index contributed by atoms with van der Waals surface area (Å²) in [6, 6.07) is 27.4. The summed E-state index contributed by atoms with van der Waals surface area (Å²) in [7, 11) is 0. The molecule has 0 spiro atoms. The molecule has 0 saturated carbocycles. The van der Waals surface area contributed by atoms with Gasteiger partial charge in [0.05, 0.1) is 13.2 Å². The highest BCUT2D eigenvalue weighted by Crippen LogP contribution is 2.41. The zero-order valence-electron chi connectivity index (χ0n) is 21.9. The Bertz CT molecular complexity index is 1500. The summed E-state index contributed by atoms with van der Waals surface area (Å²) in [6.07, 6.45) is -2.27. The summed E-state index contributed by atoms with van der Waals surface area (Å²) in [5.74, 6) is -0.362. The number of aromatic nitrogens is 2. The fourth-order valence-corrected chi connectivity index (χ4v) is 4.72. The van der Waals surface area contributed by atoms with Gasteiger partial charge < -0.3 is 19.9 Å². The zero-order valence-corrected chi connectivity index (χ0v) is 21.9. The molecule has 1 aliphatic rings. The number of anilines is 1. The highest BCUT2D eigenvalue weighted by atomic mass is 19.1. The molecule has 5 rings (SSSR count). The van der Waals surface area contributed by atoms with Gasteiger partial charge in [-0.2, -0.15) is 4.98 Å². The second-order valence-corrected chi connectivity index (χ2v) is 9.91. The number of carbonyl (C=O) groups excluding carboxylic acids is 1. The van der Waals surface area contributed by atoms with E-state index in [0.29, 0.717) is 17.5 Å². The van der Waals surface area contributed by atoms with Gasteiger partial charge in [0, 0.05) is 23.7 Å². The Morgan fingerprint density at radius 1 is 1.02 bits per heavy atom. The molecule has 4 atom stereocenters. The second kappa shape index (κ2) is 11.9. The van der Waals surface area contributed by atoms with Crippen LogP contribution in [0.1, 0.15) is 40.2 Å². The van der Waals surface area contributed by atoms with E-state index in [0.717, 1.165) is 15.7 Å². The number of alkyl halides is 1. The van der Waals surface area contributed by atoms with Crippen LogP contribution in [0.4, 0.5) is 10.2 Å². The van der Waals surface area contributed by atoms with Crippen molar-refractivity contribution >= 4 is 11.7 Å². The van der Waals surface area contributed by atoms with Crippen LogP contribution in [-0.4, -0.2) is 45.0 Å². The number of hydrogen-bond donors (Lipinski definition) is 2. The van der Waals surface area contributed by atoms with Crippen molar-refractivity contribution in [2.75, 3.05) is 11.9 Å². The maximum absolute atomic E-state index is 15.9. The number of benzene rings is 3. The van der Waals surface area contributed by atoms with Crippen LogP contribution in [0.25, 0.3) is 0 Å². The van der Waals surface area contributed by atoms with Gasteiger partial charge in [-0.15, -0.1) is 0 Å². The minimum Gasteiger partial charge on any atom is -0.387 e. The lowest BCUT2D eigenvalue weighted by atomic mass is 9.98. The minimum absolute atomic E-state index is 0.0702. The molecule has 1 amide bonds. The molecular formula is C31H30FN3O5. The first-order valence-electron chi connectivity index (χ1n) is 13.0. The van der Waals surface area contributed by atoms with Gasteiger partial charge in [0.2, 0.25) is 0 Å². The van der Waals surface area contributed by atoms with Crippen LogP contribution >= 0.6 is 0 Å². The number of amides is 1. The van der Waals surface area contributed by atoms with Crippen molar-refractivity contribution in [3.05, 3.63) is 130 Å². The third-order valence-corrected chi connectivity index (χ3v) is 6.90. The highest BCUT2D eigenvalue weighted by molar-refractivity contribution is 6.04. The predicted molar refractivity (Wildman–Crippen MR) is 148 cm³/mol. The Morgan fingerprint density at radius 3 is 2.27 bits per heavy atom. The Morgan fingerprint density at radius 2 is 1.62 bits per heavy atom. The van der Waals surface area contributed by atoms with Crippen LogP contribution in [0.2, 0.25) is 0 Å². The molecule has 8 nitrogen and oxygen atoms in total. The molecule has 1 aliphatic heterocycles. The lowest BCUT2D eigenvalue weighted by Gasteiger charge is -2.25. The molecule has 9 heteroatoms. The normalized spacial score (nSPS) is 22.2. The number of ether oxygens (including phenoxy) is 2. The second-order valence-electron chi connectivity index (χ2n) is 9.91. The van der Waals surface area contributed by atoms with Crippen LogP contribution in [0.15, 0.2) is 102 Å². The Labute approximate surface area is 231 Å². The summed E-state index contributed by atoms with van der Waals surface area (Å²) < 4.78 is 28.5. The first-order chi connectivity index (χ1) is 19.3. The first-order valence-corrected chi connectivity index (χ1v) is 13.0. The molecule has 4 aromatic rings. The van der Waals surface area contributed by atoms with Crippen molar-refractivity contribution in [2.45, 2.75) is 44.1 Å². The molecule has 2 heterocycles. The molecule has 0 bridgehead atoms. The number of carbonyl (C=O) groups is 1. The predicted octanol–water partition coefficient (Wildman–Crippen LogP) is 4.29. The summed E-state index contributed by atoms with van der Waals surface area (Å²) in [4.78, 5) is 30.2. The smallest absolute Gasteiger partial charge is 0.351 e. The van der Waals surface area contributed by atoms with Crippen LogP contribution in [-0.2, 0) is 22.5 Å². The number of aliphatic hydroxyl groups excluding tert-OH is 1. The third kappa shape index (κ3) is 6.02. The number of rotatable bonds is 9. The van der Waals surface area contributed by atoms with Gasteiger partial charge in [-0.3, -0.25) is 9.36 Å². The van der Waals surface area contributed by atoms with Gasteiger partial charge >= 0.3 is 5.69 Å². The molecule has 1 aromatic heterocycles. The van der Waals surface area contributed by atoms with Crippen molar-refractivity contribution in [1.82, 2.24) is 9.55 Å². The van der Waals surface area contributed by atoms with E-state index >= 15 is 4.39 Å². The third-order valence-electron chi connectivity index (χ3n) is 6.90. The van der Waals surface area contributed by atoms with E-state index in [9.17, 15) is 14.7 Å². The Kier molecular flexibility index (Phi) is 8.16. The van der Waals surface area contributed by atoms with Gasteiger partial charge in [0.1, 0.15) is 18.0 Å². The standard InChI is InChI=1S/C31H30FN3O5/c1-31(32)26(36)25(20-39-19-22-13-7-3-8-14-22)40-29(31)35-18-24(17-21-11-5-2-6-12-21)27(34-30(35)38)33-28(37)23-15-9-4-10-16-23/h2-16,18,25-26,29,36H,17,19-20H2,1H3,(H,33,34,37,38)/t25-,26-,29-,31+/m1/s1. The fourth-order valence-electron chi connectivity index (χ4n) is 4.72. The van der Waals surface area contributed by atoms with Crippen molar-refractivity contribution in [3.63, 3.8) is 0 Å². The van der Waals surface area contributed by atoms with Gasteiger partial charge in [-0.1, -0.05) is 78.9 Å². The number of nitrogens with zero attached hydrogens (tertiary/aromatic N) is 2. The largest absolute Gasteiger partial charge is 0.387 e. The average Bonchev–Trinajstić information content (AvgIpc) is 3.19. The van der Waals surface area contributed by atoms with E-state index in [4.69, 9.17) is 9.47 Å². The van der Waals surface area contributed by atoms with E-state index in [1.54, 1.807) is 30.3 Å². The SMILES string of the molecule is C[C@]1(F)[C@H](O)[C@@H](COCc2ccccc2)O[C@H]1n1cc(Cc2ccccc2)c(NC(=O)c2ccccc2)nc1=O. The van der Waals surface area contributed by atoms with Crippen molar-refractivity contribution < 1.29 is 23.8 Å². The summed E-state index contributed by atoms with van der Waals surface area (Å²) in [5.41, 5.74) is -0.442.